The molecule has 0 saturated carbocycles. The van der Waals surface area contributed by atoms with E-state index in [1.54, 1.807) is 19.2 Å². The van der Waals surface area contributed by atoms with Crippen LogP contribution >= 0.6 is 0 Å². The summed E-state index contributed by atoms with van der Waals surface area (Å²) in [5.74, 6) is 1.83. The largest absolute Gasteiger partial charge is 0.496 e. The van der Waals surface area contributed by atoms with E-state index in [0.29, 0.717) is 0 Å². The molecule has 2 aromatic carbocycles. The molecule has 0 saturated heterocycles. The molecular weight excluding hydrogens is 282 g/mol. The zero-order valence-electron chi connectivity index (χ0n) is 12.1. The third-order valence-electron chi connectivity index (χ3n) is 4.62. The molecule has 5 heteroatoms. The Kier molecular flexibility index (Phi) is 2.82. The topological polar surface area (TPSA) is 61.6 Å². The maximum atomic E-state index is 11.0. The third kappa shape index (κ3) is 1.78. The summed E-state index contributed by atoms with van der Waals surface area (Å²) in [5.41, 5.74) is 3.40. The molecule has 0 bridgehead atoms. The molecule has 4 rings (SSSR count). The lowest BCUT2D eigenvalue weighted by Crippen LogP contribution is -2.18. The van der Waals surface area contributed by atoms with Gasteiger partial charge in [-0.1, -0.05) is 12.1 Å². The van der Waals surface area contributed by atoms with Crippen molar-refractivity contribution in [3.63, 3.8) is 0 Å². The Balaban J connectivity index is 1.79. The highest BCUT2D eigenvalue weighted by atomic mass is 16.6. The molecule has 112 valence electrons. The Morgan fingerprint density at radius 3 is 2.91 bits per heavy atom. The average molecular weight is 297 g/mol. The van der Waals surface area contributed by atoms with E-state index in [9.17, 15) is 10.1 Å². The summed E-state index contributed by atoms with van der Waals surface area (Å²) in [6.07, 6.45) is 1.73. The van der Waals surface area contributed by atoms with Gasteiger partial charge in [0.15, 0.2) is 0 Å². The van der Waals surface area contributed by atoms with Crippen LogP contribution in [0.5, 0.6) is 11.5 Å². The predicted octanol–water partition coefficient (Wildman–Crippen LogP) is 3.77. The maximum Gasteiger partial charge on any atom is 0.269 e. The van der Waals surface area contributed by atoms with E-state index in [-0.39, 0.29) is 22.6 Å². The Labute approximate surface area is 127 Å². The van der Waals surface area contributed by atoms with Gasteiger partial charge in [0.05, 0.1) is 12.0 Å². The van der Waals surface area contributed by atoms with Crippen LogP contribution in [0, 0.1) is 10.1 Å². The van der Waals surface area contributed by atoms with E-state index in [2.05, 4.69) is 6.07 Å². The molecule has 0 unspecified atom stereocenters. The number of hydrogen-bond donors (Lipinski definition) is 0. The highest BCUT2D eigenvalue weighted by Crippen LogP contribution is 2.53. The Bertz CT molecular complexity index is 771. The number of methoxy groups -OCH3 is 1. The van der Waals surface area contributed by atoms with Crippen LogP contribution < -0.4 is 9.47 Å². The summed E-state index contributed by atoms with van der Waals surface area (Å²) in [6, 6.07) is 10.9. The lowest BCUT2D eigenvalue weighted by Gasteiger charge is -2.28. The first kappa shape index (κ1) is 13.1. The van der Waals surface area contributed by atoms with E-state index >= 15 is 0 Å². The first-order chi connectivity index (χ1) is 10.7. The molecule has 0 radical (unpaired) electrons. The predicted molar refractivity (Wildman–Crippen MR) is 80.5 cm³/mol. The monoisotopic (exact) mass is 297 g/mol. The van der Waals surface area contributed by atoms with E-state index in [0.717, 1.165) is 35.5 Å². The molecular formula is C17H15NO4. The fourth-order valence-electron chi connectivity index (χ4n) is 3.62. The van der Waals surface area contributed by atoms with Crippen molar-refractivity contribution >= 4 is 5.69 Å². The number of nitro groups is 1. The van der Waals surface area contributed by atoms with Crippen molar-refractivity contribution in [2.45, 2.75) is 24.9 Å². The fraction of sp³-hybridized carbons (Fsp3) is 0.294. The number of rotatable bonds is 2. The number of fused-ring (bicyclic) bond motifs is 5. The van der Waals surface area contributed by atoms with Crippen LogP contribution in [0.4, 0.5) is 5.69 Å². The van der Waals surface area contributed by atoms with Crippen LogP contribution in [0.25, 0.3) is 0 Å². The minimum atomic E-state index is -0.354. The summed E-state index contributed by atoms with van der Waals surface area (Å²) in [7, 11) is 1.68. The lowest BCUT2D eigenvalue weighted by atomic mass is 9.79. The number of non-ortho nitro benzene ring substituents is 1. The van der Waals surface area contributed by atoms with E-state index in [1.165, 1.54) is 11.6 Å². The molecule has 2 aliphatic rings. The van der Waals surface area contributed by atoms with Crippen molar-refractivity contribution < 1.29 is 14.4 Å². The molecule has 0 amide bonds. The van der Waals surface area contributed by atoms with Crippen LogP contribution in [-0.2, 0) is 6.42 Å². The SMILES string of the molecule is COc1cccc2c1CC[C@@H]1c3cc([N+](=O)[O-])ccc3O[C@H]21. The van der Waals surface area contributed by atoms with Crippen LogP contribution in [0.3, 0.4) is 0 Å². The number of hydrogen-bond acceptors (Lipinski definition) is 4. The van der Waals surface area contributed by atoms with Crippen LogP contribution in [-0.4, -0.2) is 12.0 Å². The average Bonchev–Trinajstić information content (AvgIpc) is 2.92. The molecule has 0 N–H and O–H groups in total. The van der Waals surface area contributed by atoms with E-state index in [4.69, 9.17) is 9.47 Å². The van der Waals surface area contributed by atoms with Crippen LogP contribution in [0.15, 0.2) is 36.4 Å². The van der Waals surface area contributed by atoms with Crippen molar-refractivity contribution in [1.29, 1.82) is 0 Å². The number of nitro benzene ring substituents is 1. The maximum absolute atomic E-state index is 11.0. The Morgan fingerprint density at radius 1 is 1.27 bits per heavy atom. The summed E-state index contributed by atoms with van der Waals surface area (Å²) in [4.78, 5) is 10.6. The number of nitrogens with zero attached hydrogens (tertiary/aromatic N) is 1. The third-order valence-corrected chi connectivity index (χ3v) is 4.62. The van der Waals surface area contributed by atoms with Crippen LogP contribution in [0.2, 0.25) is 0 Å². The van der Waals surface area contributed by atoms with Gasteiger partial charge in [-0.3, -0.25) is 10.1 Å². The van der Waals surface area contributed by atoms with Crippen molar-refractivity contribution in [1.82, 2.24) is 0 Å². The smallest absolute Gasteiger partial charge is 0.269 e. The lowest BCUT2D eigenvalue weighted by molar-refractivity contribution is -0.384. The summed E-state index contributed by atoms with van der Waals surface area (Å²) >= 11 is 0. The molecule has 0 fully saturated rings. The van der Waals surface area contributed by atoms with Crippen LogP contribution in [0.1, 0.15) is 35.1 Å². The summed E-state index contributed by atoms with van der Waals surface area (Å²) in [5, 5.41) is 11.0. The standard InChI is InChI=1S/C17H15NO4/c1-21-15-4-2-3-12-11(15)6-7-13-14-9-10(18(19)20)5-8-16(14)22-17(12)13/h2-5,8-9,13,17H,6-7H2,1H3/t13-,17-/m1/s1. The number of benzene rings is 2. The molecule has 1 heterocycles. The first-order valence-corrected chi connectivity index (χ1v) is 7.30. The summed E-state index contributed by atoms with van der Waals surface area (Å²) < 4.78 is 11.5. The highest BCUT2D eigenvalue weighted by Gasteiger charge is 2.40. The molecule has 0 spiro atoms. The van der Waals surface area contributed by atoms with Gasteiger partial charge in [0, 0.05) is 29.2 Å². The van der Waals surface area contributed by atoms with Crippen molar-refractivity contribution in [2.24, 2.45) is 0 Å². The fourth-order valence-corrected chi connectivity index (χ4v) is 3.62. The number of ether oxygens (including phenoxy) is 2. The van der Waals surface area contributed by atoms with Gasteiger partial charge in [-0.25, -0.2) is 0 Å². The van der Waals surface area contributed by atoms with Gasteiger partial charge in [-0.15, -0.1) is 0 Å². The van der Waals surface area contributed by atoms with E-state index in [1.807, 2.05) is 12.1 Å². The van der Waals surface area contributed by atoms with Gasteiger partial charge in [0.25, 0.3) is 5.69 Å². The van der Waals surface area contributed by atoms with E-state index < -0.39 is 0 Å². The van der Waals surface area contributed by atoms with Gasteiger partial charge in [0.2, 0.25) is 0 Å². The molecule has 22 heavy (non-hydrogen) atoms. The van der Waals surface area contributed by atoms with Gasteiger partial charge in [0.1, 0.15) is 17.6 Å². The molecule has 1 aliphatic heterocycles. The quantitative estimate of drug-likeness (QED) is 0.625. The zero-order valence-corrected chi connectivity index (χ0v) is 12.1. The van der Waals surface area contributed by atoms with Crippen molar-refractivity contribution in [2.75, 3.05) is 7.11 Å². The molecule has 2 atom stereocenters. The van der Waals surface area contributed by atoms with Gasteiger partial charge in [-0.05, 0) is 30.5 Å². The van der Waals surface area contributed by atoms with Crippen molar-refractivity contribution in [3.05, 3.63) is 63.2 Å². The first-order valence-electron chi connectivity index (χ1n) is 7.30. The van der Waals surface area contributed by atoms with Crippen molar-refractivity contribution in [3.8, 4) is 11.5 Å². The van der Waals surface area contributed by atoms with Gasteiger partial charge in [-0.2, -0.15) is 0 Å². The minimum Gasteiger partial charge on any atom is -0.496 e. The second kappa shape index (κ2) is 4.73. The second-order valence-electron chi connectivity index (χ2n) is 5.69. The Morgan fingerprint density at radius 2 is 2.14 bits per heavy atom. The summed E-state index contributed by atoms with van der Waals surface area (Å²) in [6.45, 7) is 0. The molecule has 5 nitrogen and oxygen atoms in total. The van der Waals surface area contributed by atoms with Gasteiger partial charge < -0.3 is 9.47 Å². The minimum absolute atomic E-state index is 0.0733. The highest BCUT2D eigenvalue weighted by molar-refractivity contribution is 5.53. The molecule has 2 aromatic rings. The molecule has 0 aromatic heterocycles. The van der Waals surface area contributed by atoms with Gasteiger partial charge >= 0.3 is 0 Å². The molecule has 1 aliphatic carbocycles. The second-order valence-corrected chi connectivity index (χ2v) is 5.69. The Hall–Kier alpha value is -2.56. The zero-order chi connectivity index (χ0) is 15.3. The normalized spacial score (nSPS) is 21.3.